The fourth-order valence-corrected chi connectivity index (χ4v) is 2.58. The molecule has 2 heterocycles. The van der Waals surface area contributed by atoms with Crippen molar-refractivity contribution in [3.63, 3.8) is 0 Å². The van der Waals surface area contributed by atoms with E-state index in [0.717, 1.165) is 30.9 Å². The molecule has 0 aliphatic carbocycles. The minimum absolute atomic E-state index is 0.350. The molecule has 1 aromatic carbocycles. The molecule has 0 saturated heterocycles. The van der Waals surface area contributed by atoms with E-state index < -0.39 is 0 Å². The molecule has 0 aliphatic heterocycles. The first-order chi connectivity index (χ1) is 11.3. The van der Waals surface area contributed by atoms with E-state index >= 15 is 0 Å². The number of rotatable bonds is 7. The third kappa shape index (κ3) is 3.81. The van der Waals surface area contributed by atoms with Crippen molar-refractivity contribution in [3.05, 3.63) is 48.0 Å². The van der Waals surface area contributed by atoms with Crippen molar-refractivity contribution < 1.29 is 0 Å². The van der Waals surface area contributed by atoms with Crippen LogP contribution in [-0.2, 0) is 19.5 Å². The Labute approximate surface area is 135 Å². The molecule has 23 heavy (non-hydrogen) atoms. The Balaban J connectivity index is 1.59. The summed E-state index contributed by atoms with van der Waals surface area (Å²) in [7, 11) is 0. The van der Waals surface area contributed by atoms with Gasteiger partial charge in [-0.3, -0.25) is 0 Å². The van der Waals surface area contributed by atoms with Crippen LogP contribution in [0.5, 0.6) is 0 Å². The molecule has 0 bridgehead atoms. The first kappa shape index (κ1) is 15.4. The summed E-state index contributed by atoms with van der Waals surface area (Å²) in [4.78, 5) is 4.36. The second kappa shape index (κ2) is 7.15. The van der Waals surface area contributed by atoms with Gasteiger partial charge in [-0.05, 0) is 23.8 Å². The SMILES string of the molecule is CCc1nccn1C[C@@H](C)NCc1cccc(-c2nn[nH]n2)c1. The van der Waals surface area contributed by atoms with Gasteiger partial charge in [0, 0.05) is 43.5 Å². The number of benzene rings is 1. The van der Waals surface area contributed by atoms with Gasteiger partial charge in [-0.25, -0.2) is 4.98 Å². The number of nitrogens with zero attached hydrogens (tertiary/aromatic N) is 5. The largest absolute Gasteiger partial charge is 0.333 e. The zero-order valence-electron chi connectivity index (χ0n) is 13.4. The van der Waals surface area contributed by atoms with Gasteiger partial charge in [0.15, 0.2) is 0 Å². The molecule has 0 saturated carbocycles. The lowest BCUT2D eigenvalue weighted by Gasteiger charge is -2.16. The van der Waals surface area contributed by atoms with E-state index in [0.29, 0.717) is 11.9 Å². The zero-order valence-corrected chi connectivity index (χ0v) is 13.4. The maximum atomic E-state index is 4.36. The van der Waals surface area contributed by atoms with Crippen LogP contribution in [0.4, 0.5) is 0 Å². The molecule has 0 spiro atoms. The zero-order chi connectivity index (χ0) is 16.1. The number of imidazole rings is 1. The number of aromatic amines is 1. The van der Waals surface area contributed by atoms with Gasteiger partial charge in [0.2, 0.25) is 5.82 Å². The van der Waals surface area contributed by atoms with Crippen molar-refractivity contribution in [2.45, 2.75) is 39.4 Å². The second-order valence-corrected chi connectivity index (χ2v) is 5.57. The van der Waals surface area contributed by atoms with Gasteiger partial charge >= 0.3 is 0 Å². The average Bonchev–Trinajstić information content (AvgIpc) is 3.24. The number of aryl methyl sites for hydroxylation is 1. The molecular formula is C16H21N7. The Morgan fingerprint density at radius 2 is 2.26 bits per heavy atom. The highest BCUT2D eigenvalue weighted by Gasteiger charge is 2.07. The normalized spacial score (nSPS) is 12.4. The number of hydrogen-bond donors (Lipinski definition) is 2. The fourth-order valence-electron chi connectivity index (χ4n) is 2.58. The predicted molar refractivity (Wildman–Crippen MR) is 87.5 cm³/mol. The maximum absolute atomic E-state index is 4.36. The first-order valence-electron chi connectivity index (χ1n) is 7.82. The molecule has 3 rings (SSSR count). The number of H-pyrrole nitrogens is 1. The summed E-state index contributed by atoms with van der Waals surface area (Å²) < 4.78 is 2.20. The van der Waals surface area contributed by atoms with Crippen LogP contribution in [0.3, 0.4) is 0 Å². The minimum Gasteiger partial charge on any atom is -0.333 e. The summed E-state index contributed by atoms with van der Waals surface area (Å²) >= 11 is 0. The van der Waals surface area contributed by atoms with E-state index in [1.807, 2.05) is 24.5 Å². The number of hydrogen-bond acceptors (Lipinski definition) is 5. The Morgan fingerprint density at radius 3 is 3.04 bits per heavy atom. The molecule has 2 aromatic heterocycles. The van der Waals surface area contributed by atoms with E-state index in [9.17, 15) is 0 Å². The summed E-state index contributed by atoms with van der Waals surface area (Å²) in [5.41, 5.74) is 2.16. The predicted octanol–water partition coefficient (Wildman–Crippen LogP) is 1.80. The number of nitrogens with one attached hydrogen (secondary N) is 2. The van der Waals surface area contributed by atoms with Gasteiger partial charge in [-0.1, -0.05) is 25.1 Å². The van der Waals surface area contributed by atoms with Crippen molar-refractivity contribution in [2.75, 3.05) is 0 Å². The molecule has 0 amide bonds. The Morgan fingerprint density at radius 1 is 1.35 bits per heavy atom. The summed E-state index contributed by atoms with van der Waals surface area (Å²) in [6.07, 6.45) is 4.85. The highest BCUT2D eigenvalue weighted by atomic mass is 15.5. The minimum atomic E-state index is 0.350. The molecule has 2 N–H and O–H groups in total. The van der Waals surface area contributed by atoms with E-state index in [-0.39, 0.29) is 0 Å². The van der Waals surface area contributed by atoms with Crippen LogP contribution in [-0.4, -0.2) is 36.2 Å². The van der Waals surface area contributed by atoms with Gasteiger partial charge in [0.1, 0.15) is 5.82 Å². The molecule has 0 radical (unpaired) electrons. The van der Waals surface area contributed by atoms with Crippen LogP contribution in [0.2, 0.25) is 0 Å². The van der Waals surface area contributed by atoms with Crippen LogP contribution in [0.1, 0.15) is 25.2 Å². The molecule has 7 heteroatoms. The van der Waals surface area contributed by atoms with Gasteiger partial charge < -0.3 is 9.88 Å². The highest BCUT2D eigenvalue weighted by Crippen LogP contribution is 2.15. The third-order valence-electron chi connectivity index (χ3n) is 3.77. The Hall–Kier alpha value is -2.54. The monoisotopic (exact) mass is 311 g/mol. The maximum Gasteiger partial charge on any atom is 0.204 e. The van der Waals surface area contributed by atoms with Crippen LogP contribution >= 0.6 is 0 Å². The highest BCUT2D eigenvalue weighted by molar-refractivity contribution is 5.54. The number of aromatic nitrogens is 6. The molecular weight excluding hydrogens is 290 g/mol. The summed E-state index contributed by atoms with van der Waals surface area (Å²) in [6, 6.07) is 8.52. The lowest BCUT2D eigenvalue weighted by atomic mass is 10.1. The van der Waals surface area contributed by atoms with Crippen molar-refractivity contribution in [1.29, 1.82) is 0 Å². The quantitative estimate of drug-likeness (QED) is 0.695. The van der Waals surface area contributed by atoms with Crippen molar-refractivity contribution in [2.24, 2.45) is 0 Å². The van der Waals surface area contributed by atoms with Crippen LogP contribution in [0.25, 0.3) is 11.4 Å². The van der Waals surface area contributed by atoms with E-state index in [2.05, 4.69) is 61.5 Å². The van der Waals surface area contributed by atoms with E-state index in [4.69, 9.17) is 0 Å². The molecule has 3 aromatic rings. The lowest BCUT2D eigenvalue weighted by Crippen LogP contribution is -2.30. The summed E-state index contributed by atoms with van der Waals surface area (Å²) in [5, 5.41) is 17.7. The van der Waals surface area contributed by atoms with Gasteiger partial charge in [-0.15, -0.1) is 10.2 Å². The molecule has 7 nitrogen and oxygen atoms in total. The molecule has 0 unspecified atom stereocenters. The standard InChI is InChI=1S/C16H21N7/c1-3-15-17-7-8-23(15)11-12(2)18-10-13-5-4-6-14(9-13)16-19-21-22-20-16/h4-9,12,18H,3,10-11H2,1-2H3,(H,19,20,21,22)/t12-/m1/s1. The molecule has 120 valence electrons. The summed E-state index contributed by atoms with van der Waals surface area (Å²) in [6.45, 7) is 6.01. The van der Waals surface area contributed by atoms with Crippen molar-refractivity contribution in [1.82, 2.24) is 35.5 Å². The molecule has 0 aliphatic rings. The van der Waals surface area contributed by atoms with Crippen molar-refractivity contribution in [3.8, 4) is 11.4 Å². The Kier molecular flexibility index (Phi) is 4.77. The van der Waals surface area contributed by atoms with Gasteiger partial charge in [-0.2, -0.15) is 5.21 Å². The van der Waals surface area contributed by atoms with E-state index in [1.165, 1.54) is 5.56 Å². The smallest absolute Gasteiger partial charge is 0.204 e. The van der Waals surface area contributed by atoms with Crippen LogP contribution < -0.4 is 5.32 Å². The topological polar surface area (TPSA) is 84.3 Å². The number of tetrazole rings is 1. The van der Waals surface area contributed by atoms with Crippen LogP contribution in [0.15, 0.2) is 36.7 Å². The first-order valence-corrected chi connectivity index (χ1v) is 7.82. The fraction of sp³-hybridized carbons (Fsp3) is 0.375. The lowest BCUT2D eigenvalue weighted by molar-refractivity contribution is 0.468. The van der Waals surface area contributed by atoms with Crippen LogP contribution in [0, 0.1) is 0 Å². The van der Waals surface area contributed by atoms with Crippen molar-refractivity contribution >= 4 is 0 Å². The van der Waals surface area contributed by atoms with Gasteiger partial charge in [0.25, 0.3) is 0 Å². The summed E-state index contributed by atoms with van der Waals surface area (Å²) in [5.74, 6) is 1.74. The molecule has 1 atom stereocenters. The second-order valence-electron chi connectivity index (χ2n) is 5.57. The average molecular weight is 311 g/mol. The molecule has 0 fully saturated rings. The Bertz CT molecular complexity index is 732. The van der Waals surface area contributed by atoms with Gasteiger partial charge in [0.05, 0.1) is 0 Å². The third-order valence-corrected chi connectivity index (χ3v) is 3.77. The van der Waals surface area contributed by atoms with E-state index in [1.54, 1.807) is 0 Å².